The van der Waals surface area contributed by atoms with Crippen molar-refractivity contribution < 1.29 is 9.59 Å². The summed E-state index contributed by atoms with van der Waals surface area (Å²) in [4.78, 5) is 33.3. The Morgan fingerprint density at radius 2 is 1.75 bits per heavy atom. The van der Waals surface area contributed by atoms with Gasteiger partial charge in [-0.25, -0.2) is 4.99 Å². The lowest BCUT2D eigenvalue weighted by atomic mass is 9.84. The third-order valence-electron chi connectivity index (χ3n) is 5.32. The Hall–Kier alpha value is -2.95. The van der Waals surface area contributed by atoms with Crippen LogP contribution in [0.15, 0.2) is 59.6 Å². The monoisotopic (exact) mass is 375 g/mol. The van der Waals surface area contributed by atoms with Crippen molar-refractivity contribution >= 4 is 23.2 Å². The lowest BCUT2D eigenvalue weighted by Crippen LogP contribution is -2.63. The minimum atomic E-state index is -1.11. The number of aliphatic imine (C=N–C) groups is 1. The molecule has 1 saturated heterocycles. The van der Waals surface area contributed by atoms with Crippen LogP contribution in [0.2, 0.25) is 0 Å². The van der Waals surface area contributed by atoms with Crippen LogP contribution in [0.3, 0.4) is 0 Å². The maximum atomic E-state index is 13.7. The van der Waals surface area contributed by atoms with E-state index in [1.165, 1.54) is 0 Å². The Morgan fingerprint density at radius 3 is 2.46 bits per heavy atom. The Kier molecular flexibility index (Phi) is 4.33. The molecule has 144 valence electrons. The first-order valence-electron chi connectivity index (χ1n) is 9.67. The zero-order valence-electron chi connectivity index (χ0n) is 16.5. The van der Waals surface area contributed by atoms with Crippen molar-refractivity contribution in [2.75, 3.05) is 0 Å². The highest BCUT2D eigenvalue weighted by atomic mass is 16.2. The molecular formula is C23H25N3O2. The van der Waals surface area contributed by atoms with Gasteiger partial charge in [0.2, 0.25) is 5.91 Å². The van der Waals surface area contributed by atoms with E-state index in [1.807, 2.05) is 75.4 Å². The van der Waals surface area contributed by atoms with E-state index < -0.39 is 11.1 Å². The molecule has 1 atom stereocenters. The molecule has 2 aliphatic heterocycles. The lowest BCUT2D eigenvalue weighted by molar-refractivity contribution is -0.139. The average Bonchev–Trinajstić information content (AvgIpc) is 2.89. The average molecular weight is 375 g/mol. The van der Waals surface area contributed by atoms with Crippen LogP contribution < -0.4 is 5.32 Å². The summed E-state index contributed by atoms with van der Waals surface area (Å²) < 4.78 is 0. The van der Waals surface area contributed by atoms with E-state index in [1.54, 1.807) is 4.90 Å². The largest absolute Gasteiger partial charge is 0.349 e. The molecule has 4 rings (SSSR count). The van der Waals surface area contributed by atoms with Crippen LogP contribution in [0.1, 0.15) is 44.7 Å². The first-order valence-corrected chi connectivity index (χ1v) is 9.67. The maximum Gasteiger partial charge on any atom is 0.252 e. The van der Waals surface area contributed by atoms with Crippen LogP contribution in [0.5, 0.6) is 0 Å². The summed E-state index contributed by atoms with van der Waals surface area (Å²) in [5.41, 5.74) is 1.76. The molecule has 0 spiro atoms. The molecule has 1 fully saturated rings. The fourth-order valence-corrected chi connectivity index (χ4v) is 4.06. The van der Waals surface area contributed by atoms with E-state index in [0.29, 0.717) is 25.1 Å². The molecule has 0 aliphatic carbocycles. The van der Waals surface area contributed by atoms with E-state index in [9.17, 15) is 9.59 Å². The van der Waals surface area contributed by atoms with E-state index in [2.05, 4.69) is 5.32 Å². The fourth-order valence-electron chi connectivity index (χ4n) is 4.06. The number of fused-ring (bicyclic) bond motifs is 2. The van der Waals surface area contributed by atoms with Crippen molar-refractivity contribution in [3.05, 3.63) is 65.7 Å². The van der Waals surface area contributed by atoms with Crippen LogP contribution in [-0.2, 0) is 16.1 Å². The number of nitrogens with one attached hydrogen (secondary N) is 1. The van der Waals surface area contributed by atoms with Gasteiger partial charge >= 0.3 is 0 Å². The molecule has 0 bridgehead atoms. The molecule has 0 saturated carbocycles. The van der Waals surface area contributed by atoms with Gasteiger partial charge in [-0.2, -0.15) is 0 Å². The smallest absolute Gasteiger partial charge is 0.252 e. The number of hydrogen-bond acceptors (Lipinski definition) is 3. The first kappa shape index (κ1) is 18.4. The number of carbonyl (C=O) groups is 2. The predicted octanol–water partition coefficient (Wildman–Crippen LogP) is 3.60. The van der Waals surface area contributed by atoms with Crippen LogP contribution in [0, 0.1) is 0 Å². The number of amides is 2. The molecule has 2 aromatic rings. The molecular weight excluding hydrogens is 350 g/mol. The summed E-state index contributed by atoms with van der Waals surface area (Å²) >= 11 is 0. The number of benzene rings is 2. The summed E-state index contributed by atoms with van der Waals surface area (Å²) in [7, 11) is 0. The van der Waals surface area contributed by atoms with E-state index >= 15 is 0 Å². The van der Waals surface area contributed by atoms with Gasteiger partial charge in [-0.3, -0.25) is 9.59 Å². The number of hydrogen-bond donors (Lipinski definition) is 1. The Labute approximate surface area is 165 Å². The van der Waals surface area contributed by atoms with Crippen molar-refractivity contribution in [1.29, 1.82) is 0 Å². The predicted molar refractivity (Wildman–Crippen MR) is 109 cm³/mol. The standard InChI is InChI=1S/C23H25N3O2/c1-22(2,3)25-21(28)23-14-13-19(27)26(23)15-17-11-7-8-12-18(17)24-20(23)16-9-5-4-6-10-16/h4-12H,13-15H2,1-3H3,(H,25,28). The zero-order valence-corrected chi connectivity index (χ0v) is 16.5. The summed E-state index contributed by atoms with van der Waals surface area (Å²) in [6.07, 6.45) is 0.765. The van der Waals surface area contributed by atoms with E-state index in [4.69, 9.17) is 4.99 Å². The van der Waals surface area contributed by atoms with Crippen molar-refractivity contribution in [2.24, 2.45) is 4.99 Å². The van der Waals surface area contributed by atoms with Gasteiger partial charge in [-0.15, -0.1) is 0 Å². The highest BCUT2D eigenvalue weighted by Crippen LogP contribution is 2.41. The van der Waals surface area contributed by atoms with Gasteiger partial charge in [0.1, 0.15) is 0 Å². The Balaban J connectivity index is 1.96. The van der Waals surface area contributed by atoms with Gasteiger partial charge < -0.3 is 10.2 Å². The third kappa shape index (κ3) is 3.01. The highest BCUT2D eigenvalue weighted by molar-refractivity contribution is 6.24. The van der Waals surface area contributed by atoms with E-state index in [0.717, 1.165) is 16.8 Å². The van der Waals surface area contributed by atoms with Crippen LogP contribution in [0.25, 0.3) is 0 Å². The van der Waals surface area contributed by atoms with Crippen molar-refractivity contribution in [3.63, 3.8) is 0 Å². The van der Waals surface area contributed by atoms with Gasteiger partial charge in [0, 0.05) is 18.5 Å². The normalized spacial score (nSPS) is 21.5. The molecule has 5 heteroatoms. The molecule has 28 heavy (non-hydrogen) atoms. The zero-order chi connectivity index (χ0) is 19.9. The van der Waals surface area contributed by atoms with Crippen molar-refractivity contribution in [2.45, 2.75) is 51.2 Å². The summed E-state index contributed by atoms with van der Waals surface area (Å²) in [6.45, 7) is 6.24. The second kappa shape index (κ2) is 6.59. The highest BCUT2D eigenvalue weighted by Gasteiger charge is 2.56. The Morgan fingerprint density at radius 1 is 1.07 bits per heavy atom. The molecule has 0 aromatic heterocycles. The number of nitrogens with zero attached hydrogens (tertiary/aromatic N) is 2. The summed E-state index contributed by atoms with van der Waals surface area (Å²) in [6, 6.07) is 17.5. The van der Waals surface area contributed by atoms with Gasteiger partial charge in [0.05, 0.1) is 11.4 Å². The van der Waals surface area contributed by atoms with Crippen LogP contribution in [-0.4, -0.2) is 33.5 Å². The lowest BCUT2D eigenvalue weighted by Gasteiger charge is -2.39. The Bertz CT molecular complexity index is 959. The minimum Gasteiger partial charge on any atom is -0.349 e. The molecule has 2 heterocycles. The number of carbonyl (C=O) groups excluding carboxylic acids is 2. The van der Waals surface area contributed by atoms with Crippen LogP contribution >= 0.6 is 0 Å². The molecule has 1 unspecified atom stereocenters. The second-order valence-corrected chi connectivity index (χ2v) is 8.50. The summed E-state index contributed by atoms with van der Waals surface area (Å²) in [5.74, 6) is -0.175. The molecule has 0 radical (unpaired) electrons. The van der Waals surface area contributed by atoms with Crippen molar-refractivity contribution in [3.8, 4) is 0 Å². The van der Waals surface area contributed by atoms with Crippen LogP contribution in [0.4, 0.5) is 5.69 Å². The quantitative estimate of drug-likeness (QED) is 0.872. The second-order valence-electron chi connectivity index (χ2n) is 8.50. The molecule has 1 N–H and O–H groups in total. The minimum absolute atomic E-state index is 0.00982. The fraction of sp³-hybridized carbons (Fsp3) is 0.348. The molecule has 5 nitrogen and oxygen atoms in total. The van der Waals surface area contributed by atoms with Crippen molar-refractivity contribution in [1.82, 2.24) is 10.2 Å². The molecule has 2 aromatic carbocycles. The molecule has 2 aliphatic rings. The van der Waals surface area contributed by atoms with Gasteiger partial charge in [-0.05, 0) is 44.4 Å². The topological polar surface area (TPSA) is 61.8 Å². The number of para-hydroxylation sites is 1. The number of rotatable bonds is 2. The van der Waals surface area contributed by atoms with Gasteiger partial charge in [0.15, 0.2) is 5.54 Å². The van der Waals surface area contributed by atoms with E-state index in [-0.39, 0.29) is 11.8 Å². The van der Waals surface area contributed by atoms with Gasteiger partial charge in [-0.1, -0.05) is 48.5 Å². The van der Waals surface area contributed by atoms with Gasteiger partial charge in [0.25, 0.3) is 5.91 Å². The first-order chi connectivity index (χ1) is 13.3. The summed E-state index contributed by atoms with van der Waals surface area (Å²) in [5, 5.41) is 3.11. The SMILES string of the molecule is CC(C)(C)NC(=O)C12CCC(=O)N1Cc1ccccc1N=C2c1ccccc1. The maximum absolute atomic E-state index is 13.7. The third-order valence-corrected chi connectivity index (χ3v) is 5.32. The molecule has 2 amide bonds.